The van der Waals surface area contributed by atoms with Crippen LogP contribution in [0.3, 0.4) is 0 Å². The molecule has 0 saturated carbocycles. The first-order valence-electron chi connectivity index (χ1n) is 2.67. The summed E-state index contributed by atoms with van der Waals surface area (Å²) in [5.74, 6) is -0.327. The molecule has 0 heterocycles. The Morgan fingerprint density at radius 3 is 2.56 bits per heavy atom. The first kappa shape index (κ1) is 12.1. The molecule has 0 unspecified atom stereocenters. The normalized spacial score (nSPS) is 7.78. The van der Waals surface area contributed by atoms with Crippen LogP contribution in [0.1, 0.15) is 13.3 Å². The molecule has 0 bridgehead atoms. The Balaban J connectivity index is 0. The van der Waals surface area contributed by atoms with E-state index in [4.69, 9.17) is 5.73 Å². The average molecular weight is 141 g/mol. The van der Waals surface area contributed by atoms with E-state index in [0.29, 0.717) is 6.61 Å². The number of ether oxygens (including phenoxy) is 1. The summed E-state index contributed by atoms with van der Waals surface area (Å²) in [5, 5.41) is 0. The van der Waals surface area contributed by atoms with E-state index in [1.807, 2.05) is 6.92 Å². The molecule has 0 aromatic heterocycles. The van der Waals surface area contributed by atoms with Gasteiger partial charge in [-0.2, -0.15) is 0 Å². The second-order valence-corrected chi connectivity index (χ2v) is 1.42. The van der Waals surface area contributed by atoms with Gasteiger partial charge in [-0.25, -0.2) is 0 Å². The van der Waals surface area contributed by atoms with Crippen LogP contribution < -0.4 is 5.73 Å². The van der Waals surface area contributed by atoms with Crippen LogP contribution >= 0.6 is 0 Å². The van der Waals surface area contributed by atoms with E-state index in [2.05, 4.69) is 4.74 Å². The molecule has 0 radical (unpaired) electrons. The van der Waals surface area contributed by atoms with Gasteiger partial charge in [-0.05, 0) is 6.42 Å². The number of nitrogens with two attached hydrogens (primary N) is 1. The van der Waals surface area contributed by atoms with E-state index in [9.17, 15) is 4.79 Å². The fourth-order valence-corrected chi connectivity index (χ4v) is 0.275. The van der Waals surface area contributed by atoms with E-state index in [-0.39, 0.29) is 42.1 Å². The third-order valence-electron chi connectivity index (χ3n) is 0.634. The number of hydrogen-bond donors (Lipinski definition) is 1. The van der Waals surface area contributed by atoms with Crippen molar-refractivity contribution in [1.82, 2.24) is 0 Å². The van der Waals surface area contributed by atoms with Crippen LogP contribution in [0.5, 0.6) is 0 Å². The summed E-state index contributed by atoms with van der Waals surface area (Å²) in [7, 11) is 0. The molecule has 0 atom stereocenters. The zero-order valence-corrected chi connectivity index (χ0v) is 5.02. The first-order valence-corrected chi connectivity index (χ1v) is 2.67. The van der Waals surface area contributed by atoms with Crippen LogP contribution in [0.25, 0.3) is 0 Å². The van der Waals surface area contributed by atoms with Gasteiger partial charge in [0.1, 0.15) is 0 Å². The van der Waals surface area contributed by atoms with Gasteiger partial charge in [-0.1, -0.05) is 6.92 Å². The maximum absolute atomic E-state index is 10.2. The van der Waals surface area contributed by atoms with Crippen LogP contribution in [0.15, 0.2) is 0 Å². The number of carbonyl (C=O) groups excluding carboxylic acids is 1. The predicted molar refractivity (Wildman–Crippen MR) is 37.5 cm³/mol. The van der Waals surface area contributed by atoms with Gasteiger partial charge in [0.05, 0.1) is 13.2 Å². The van der Waals surface area contributed by atoms with Gasteiger partial charge in [0, 0.05) is 0 Å². The van der Waals surface area contributed by atoms with Crippen molar-refractivity contribution in [3.63, 3.8) is 0 Å². The van der Waals surface area contributed by atoms with Crippen molar-refractivity contribution in [3.05, 3.63) is 0 Å². The molecule has 0 aromatic carbocycles. The second kappa shape index (κ2) is 8.43. The van der Waals surface area contributed by atoms with Crippen LogP contribution in [0.4, 0.5) is 0 Å². The van der Waals surface area contributed by atoms with Crippen LogP contribution in [0.2, 0.25) is 0 Å². The van der Waals surface area contributed by atoms with Crippen LogP contribution in [-0.2, 0) is 9.53 Å². The predicted octanol–water partition coefficient (Wildman–Crippen LogP) is -0.750. The number of carbonyl (C=O) groups is 1. The average Bonchev–Trinajstić information content (AvgIpc) is 1.83. The van der Waals surface area contributed by atoms with E-state index < -0.39 is 0 Å². The molecular formula is C5H12NNaO2. The summed E-state index contributed by atoms with van der Waals surface area (Å²) in [6, 6.07) is 0. The minimum atomic E-state index is -0.327. The summed E-state index contributed by atoms with van der Waals surface area (Å²) >= 11 is 0. The molecule has 0 amide bonds. The maximum atomic E-state index is 10.2. The quantitative estimate of drug-likeness (QED) is 0.415. The van der Waals surface area contributed by atoms with Gasteiger partial charge in [-0.15, -0.1) is 0 Å². The first-order chi connectivity index (χ1) is 3.81. The number of hydrogen-bond acceptors (Lipinski definition) is 3. The van der Waals surface area contributed by atoms with Crippen molar-refractivity contribution in [2.75, 3.05) is 13.2 Å². The van der Waals surface area contributed by atoms with Gasteiger partial charge in [0.15, 0.2) is 0 Å². The standard InChI is InChI=1S/C5H11NO2.Na.H/c1-2-3-8-5(7)4-6;;/h2-4,6H2,1H3;;. The van der Waals surface area contributed by atoms with Gasteiger partial charge in [0.2, 0.25) is 0 Å². The van der Waals surface area contributed by atoms with Crippen LogP contribution in [0, 0.1) is 0 Å². The summed E-state index contributed by atoms with van der Waals surface area (Å²) in [4.78, 5) is 10.2. The zero-order chi connectivity index (χ0) is 6.41. The molecule has 0 aliphatic rings. The molecule has 9 heavy (non-hydrogen) atoms. The van der Waals surface area contributed by atoms with Crippen molar-refractivity contribution in [1.29, 1.82) is 0 Å². The van der Waals surface area contributed by atoms with Crippen LogP contribution in [-0.4, -0.2) is 48.7 Å². The third-order valence-corrected chi connectivity index (χ3v) is 0.634. The summed E-state index contributed by atoms with van der Waals surface area (Å²) in [5.41, 5.74) is 4.94. The van der Waals surface area contributed by atoms with Gasteiger partial charge in [-0.3, -0.25) is 4.79 Å². The Morgan fingerprint density at radius 1 is 1.67 bits per heavy atom. The molecule has 0 aliphatic heterocycles. The molecule has 0 fully saturated rings. The van der Waals surface area contributed by atoms with Gasteiger partial charge < -0.3 is 10.5 Å². The Labute approximate surface area is 77.2 Å². The van der Waals surface area contributed by atoms with Crippen molar-refractivity contribution in [3.8, 4) is 0 Å². The Hall–Kier alpha value is 0.430. The van der Waals surface area contributed by atoms with E-state index in [0.717, 1.165) is 6.42 Å². The Kier molecular flexibility index (Phi) is 11.4. The fraction of sp³-hybridized carbons (Fsp3) is 0.800. The third kappa shape index (κ3) is 8.43. The molecule has 0 aromatic rings. The topological polar surface area (TPSA) is 52.3 Å². The monoisotopic (exact) mass is 141 g/mol. The Bertz CT molecular complexity index is 77.4. The summed E-state index contributed by atoms with van der Waals surface area (Å²) in [6.07, 6.45) is 0.853. The van der Waals surface area contributed by atoms with E-state index >= 15 is 0 Å². The van der Waals surface area contributed by atoms with Crippen molar-refractivity contribution in [2.45, 2.75) is 13.3 Å². The Morgan fingerprint density at radius 2 is 2.22 bits per heavy atom. The van der Waals surface area contributed by atoms with Crippen molar-refractivity contribution in [2.24, 2.45) is 5.73 Å². The molecule has 0 aliphatic carbocycles. The summed E-state index contributed by atoms with van der Waals surface area (Å²) < 4.78 is 4.58. The number of rotatable bonds is 3. The van der Waals surface area contributed by atoms with Crippen molar-refractivity contribution < 1.29 is 9.53 Å². The minimum absolute atomic E-state index is 0. The molecule has 0 spiro atoms. The SMILES string of the molecule is CCCOC(=O)CN.[NaH]. The second-order valence-electron chi connectivity index (χ2n) is 1.42. The van der Waals surface area contributed by atoms with E-state index in [1.165, 1.54) is 0 Å². The van der Waals surface area contributed by atoms with Crippen molar-refractivity contribution >= 4 is 35.5 Å². The fourth-order valence-electron chi connectivity index (χ4n) is 0.275. The molecule has 2 N–H and O–H groups in total. The van der Waals surface area contributed by atoms with Gasteiger partial charge in [0.25, 0.3) is 0 Å². The summed E-state index contributed by atoms with van der Waals surface area (Å²) in [6.45, 7) is 2.40. The molecule has 0 rings (SSSR count). The molecule has 0 saturated heterocycles. The molecule has 4 heteroatoms. The molecule has 3 nitrogen and oxygen atoms in total. The van der Waals surface area contributed by atoms with E-state index in [1.54, 1.807) is 0 Å². The molecule has 50 valence electrons. The number of esters is 1. The zero-order valence-electron chi connectivity index (χ0n) is 5.02. The van der Waals surface area contributed by atoms with Gasteiger partial charge >= 0.3 is 35.5 Å². The molecular weight excluding hydrogens is 129 g/mol.